The predicted molar refractivity (Wildman–Crippen MR) is 60.6 cm³/mol. The maximum absolute atomic E-state index is 11.8. The first-order valence-corrected chi connectivity index (χ1v) is 6.24. The fraction of sp³-hybridized carbons (Fsp3) is 0.833. The smallest absolute Gasteiger partial charge is 0.410 e. The van der Waals surface area contributed by atoms with E-state index >= 15 is 0 Å². The minimum atomic E-state index is -0.917. The normalized spacial score (nSPS) is 32.8. The number of carbonyl (C=O) groups excluding carboxylic acids is 1. The van der Waals surface area contributed by atoms with Crippen LogP contribution in [-0.2, 0) is 9.53 Å². The van der Waals surface area contributed by atoms with Gasteiger partial charge < -0.3 is 9.84 Å². The van der Waals surface area contributed by atoms with E-state index in [-0.39, 0.29) is 6.04 Å². The van der Waals surface area contributed by atoms with Gasteiger partial charge in [-0.05, 0) is 31.6 Å². The number of fused-ring (bicyclic) bond motifs is 1. The van der Waals surface area contributed by atoms with Gasteiger partial charge in [-0.3, -0.25) is 4.90 Å². The number of rotatable bonds is 1. The van der Waals surface area contributed by atoms with Crippen LogP contribution in [0.4, 0.5) is 4.79 Å². The van der Waals surface area contributed by atoms with E-state index in [1.807, 2.05) is 0 Å². The standard InChI is InChI=1S/C12H19NO4/c1-17-12(16)13-9-5-3-2-4-8(9)6-7-10(13)11(14)15/h8-10H,2-7H2,1H3,(H,14,15). The Balaban J connectivity index is 2.21. The second-order valence-corrected chi connectivity index (χ2v) is 4.92. The summed E-state index contributed by atoms with van der Waals surface area (Å²) in [6.45, 7) is 0. The van der Waals surface area contributed by atoms with Gasteiger partial charge in [-0.1, -0.05) is 12.8 Å². The highest BCUT2D eigenvalue weighted by atomic mass is 16.5. The Labute approximate surface area is 101 Å². The van der Waals surface area contributed by atoms with Gasteiger partial charge in [-0.25, -0.2) is 9.59 Å². The molecule has 0 bridgehead atoms. The number of amides is 1. The second kappa shape index (κ2) is 4.94. The van der Waals surface area contributed by atoms with Crippen LogP contribution in [0, 0.1) is 5.92 Å². The first kappa shape index (κ1) is 12.2. The lowest BCUT2D eigenvalue weighted by molar-refractivity contribution is -0.146. The molecule has 0 spiro atoms. The molecule has 0 radical (unpaired) electrons. The van der Waals surface area contributed by atoms with E-state index in [2.05, 4.69) is 0 Å². The van der Waals surface area contributed by atoms with Crippen LogP contribution < -0.4 is 0 Å². The van der Waals surface area contributed by atoms with Crippen molar-refractivity contribution < 1.29 is 19.4 Å². The molecule has 0 aromatic rings. The molecule has 2 aliphatic rings. The third-order valence-electron chi connectivity index (χ3n) is 4.04. The average Bonchev–Trinajstić information content (AvgIpc) is 2.36. The monoisotopic (exact) mass is 241 g/mol. The quantitative estimate of drug-likeness (QED) is 0.761. The van der Waals surface area contributed by atoms with Crippen LogP contribution in [0.5, 0.6) is 0 Å². The highest BCUT2D eigenvalue weighted by molar-refractivity contribution is 5.80. The number of methoxy groups -OCH3 is 1. The van der Waals surface area contributed by atoms with Gasteiger partial charge in [-0.2, -0.15) is 0 Å². The molecule has 2 fully saturated rings. The van der Waals surface area contributed by atoms with Gasteiger partial charge in [0.2, 0.25) is 0 Å². The van der Waals surface area contributed by atoms with Crippen LogP contribution in [0.15, 0.2) is 0 Å². The largest absolute Gasteiger partial charge is 0.480 e. The van der Waals surface area contributed by atoms with Crippen molar-refractivity contribution in [3.05, 3.63) is 0 Å². The minimum absolute atomic E-state index is 0.0612. The van der Waals surface area contributed by atoms with Gasteiger partial charge in [-0.15, -0.1) is 0 Å². The number of ether oxygens (including phenoxy) is 1. The molecule has 0 aromatic carbocycles. The van der Waals surface area contributed by atoms with Crippen molar-refractivity contribution in [2.45, 2.75) is 50.6 Å². The van der Waals surface area contributed by atoms with E-state index in [0.717, 1.165) is 25.7 Å². The predicted octanol–water partition coefficient (Wildman–Crippen LogP) is 1.86. The van der Waals surface area contributed by atoms with Crippen LogP contribution in [-0.4, -0.2) is 41.3 Å². The molecule has 1 aliphatic carbocycles. The van der Waals surface area contributed by atoms with Crippen molar-refractivity contribution in [2.75, 3.05) is 7.11 Å². The fourth-order valence-corrected chi connectivity index (χ4v) is 3.24. The molecule has 3 unspecified atom stereocenters. The molecular formula is C12H19NO4. The zero-order chi connectivity index (χ0) is 12.4. The molecule has 1 saturated heterocycles. The lowest BCUT2D eigenvalue weighted by Gasteiger charge is -2.46. The number of carbonyl (C=O) groups is 2. The molecular weight excluding hydrogens is 222 g/mol. The lowest BCUT2D eigenvalue weighted by atomic mass is 9.76. The van der Waals surface area contributed by atoms with Crippen molar-refractivity contribution in [3.63, 3.8) is 0 Å². The summed E-state index contributed by atoms with van der Waals surface area (Å²) < 4.78 is 4.74. The summed E-state index contributed by atoms with van der Waals surface area (Å²) in [5.74, 6) is -0.460. The first-order valence-electron chi connectivity index (χ1n) is 6.24. The Hall–Kier alpha value is -1.26. The Bertz CT molecular complexity index is 318. The molecule has 96 valence electrons. The number of hydrogen-bond acceptors (Lipinski definition) is 3. The highest BCUT2D eigenvalue weighted by Crippen LogP contribution is 2.38. The maximum Gasteiger partial charge on any atom is 0.410 e. The van der Waals surface area contributed by atoms with Crippen LogP contribution >= 0.6 is 0 Å². The van der Waals surface area contributed by atoms with E-state index in [4.69, 9.17) is 4.74 Å². The Morgan fingerprint density at radius 3 is 2.53 bits per heavy atom. The molecule has 17 heavy (non-hydrogen) atoms. The van der Waals surface area contributed by atoms with Gasteiger partial charge in [0.1, 0.15) is 6.04 Å². The zero-order valence-corrected chi connectivity index (χ0v) is 10.1. The molecule has 1 N–H and O–H groups in total. The zero-order valence-electron chi connectivity index (χ0n) is 10.1. The van der Waals surface area contributed by atoms with Gasteiger partial charge in [0.25, 0.3) is 0 Å². The number of nitrogens with zero attached hydrogens (tertiary/aromatic N) is 1. The maximum atomic E-state index is 11.8. The van der Waals surface area contributed by atoms with Crippen molar-refractivity contribution in [1.29, 1.82) is 0 Å². The number of carboxylic acids is 1. The third-order valence-corrected chi connectivity index (χ3v) is 4.04. The van der Waals surface area contributed by atoms with Gasteiger partial charge in [0.05, 0.1) is 7.11 Å². The molecule has 2 rings (SSSR count). The molecule has 1 amide bonds. The van der Waals surface area contributed by atoms with E-state index in [0.29, 0.717) is 12.3 Å². The molecule has 3 atom stereocenters. The van der Waals surface area contributed by atoms with Crippen molar-refractivity contribution in [3.8, 4) is 0 Å². The molecule has 1 aliphatic heterocycles. The van der Waals surface area contributed by atoms with Crippen LogP contribution in [0.25, 0.3) is 0 Å². The lowest BCUT2D eigenvalue weighted by Crippen LogP contribution is -2.57. The summed E-state index contributed by atoms with van der Waals surface area (Å²) in [4.78, 5) is 24.5. The van der Waals surface area contributed by atoms with Crippen molar-refractivity contribution in [2.24, 2.45) is 5.92 Å². The topological polar surface area (TPSA) is 66.8 Å². The van der Waals surface area contributed by atoms with Crippen molar-refractivity contribution >= 4 is 12.1 Å². The van der Waals surface area contributed by atoms with Gasteiger partial charge >= 0.3 is 12.1 Å². The second-order valence-electron chi connectivity index (χ2n) is 4.92. The average molecular weight is 241 g/mol. The fourth-order valence-electron chi connectivity index (χ4n) is 3.24. The summed E-state index contributed by atoms with van der Waals surface area (Å²) in [5.41, 5.74) is 0. The number of likely N-dealkylation sites (tertiary alicyclic amines) is 1. The molecule has 5 heteroatoms. The SMILES string of the molecule is COC(=O)N1C(C(=O)O)CCC2CCCCC21. The number of carboxylic acid groups (broad SMARTS) is 1. The molecule has 5 nitrogen and oxygen atoms in total. The third kappa shape index (κ3) is 2.23. The van der Waals surface area contributed by atoms with E-state index in [1.165, 1.54) is 18.4 Å². The van der Waals surface area contributed by atoms with Crippen molar-refractivity contribution in [1.82, 2.24) is 4.90 Å². The number of piperidine rings is 1. The van der Waals surface area contributed by atoms with Gasteiger partial charge in [0.15, 0.2) is 0 Å². The Morgan fingerprint density at radius 1 is 1.18 bits per heavy atom. The summed E-state index contributed by atoms with van der Waals surface area (Å²) in [5, 5.41) is 9.19. The Morgan fingerprint density at radius 2 is 1.88 bits per heavy atom. The summed E-state index contributed by atoms with van der Waals surface area (Å²) in [7, 11) is 1.31. The van der Waals surface area contributed by atoms with Crippen LogP contribution in [0.3, 0.4) is 0 Å². The van der Waals surface area contributed by atoms with E-state index in [9.17, 15) is 14.7 Å². The molecule has 1 heterocycles. The summed E-state index contributed by atoms with van der Waals surface area (Å²) in [6, 6.07) is -0.646. The molecule has 1 saturated carbocycles. The highest BCUT2D eigenvalue weighted by Gasteiger charge is 2.44. The summed E-state index contributed by atoms with van der Waals surface area (Å²) in [6.07, 6.45) is 5.23. The van der Waals surface area contributed by atoms with Crippen LogP contribution in [0.1, 0.15) is 38.5 Å². The Kier molecular flexibility index (Phi) is 3.54. The van der Waals surface area contributed by atoms with E-state index < -0.39 is 18.1 Å². The minimum Gasteiger partial charge on any atom is -0.480 e. The van der Waals surface area contributed by atoms with Crippen LogP contribution in [0.2, 0.25) is 0 Å². The molecule has 0 aromatic heterocycles. The van der Waals surface area contributed by atoms with E-state index in [1.54, 1.807) is 0 Å². The summed E-state index contributed by atoms with van der Waals surface area (Å²) >= 11 is 0. The first-order chi connectivity index (χ1) is 8.15. The van der Waals surface area contributed by atoms with Gasteiger partial charge in [0, 0.05) is 6.04 Å². The number of hydrogen-bond donors (Lipinski definition) is 1. The number of aliphatic carboxylic acids is 1.